The van der Waals surface area contributed by atoms with Crippen molar-refractivity contribution in [1.82, 2.24) is 10.9 Å². The molecule has 0 saturated carbocycles. The van der Waals surface area contributed by atoms with E-state index in [0.29, 0.717) is 23.7 Å². The summed E-state index contributed by atoms with van der Waals surface area (Å²) in [6, 6.07) is 13.5. The van der Waals surface area contributed by atoms with Gasteiger partial charge in [-0.15, -0.1) is 0 Å². The van der Waals surface area contributed by atoms with Gasteiger partial charge in [-0.3, -0.25) is 20.4 Å². The topological polar surface area (TPSA) is 85.9 Å². The number of ether oxygens (including phenoxy) is 3. The fourth-order valence-corrected chi connectivity index (χ4v) is 2.07. The van der Waals surface area contributed by atoms with Gasteiger partial charge < -0.3 is 14.2 Å². The predicted molar refractivity (Wildman–Crippen MR) is 96.3 cm³/mol. The minimum atomic E-state index is -0.788. The van der Waals surface area contributed by atoms with Crippen LogP contribution in [0.2, 0.25) is 0 Å². The molecule has 0 aliphatic carbocycles. The van der Waals surface area contributed by atoms with Crippen molar-refractivity contribution in [2.75, 3.05) is 13.7 Å². The van der Waals surface area contributed by atoms with Crippen LogP contribution in [0.3, 0.4) is 0 Å². The molecule has 2 rings (SSSR count). The highest BCUT2D eigenvalue weighted by atomic mass is 16.5. The predicted octanol–water partition coefficient (Wildman–Crippen LogP) is 2.32. The van der Waals surface area contributed by atoms with Gasteiger partial charge in [-0.1, -0.05) is 0 Å². The Hall–Kier alpha value is -3.22. The van der Waals surface area contributed by atoms with Crippen molar-refractivity contribution in [3.63, 3.8) is 0 Å². The van der Waals surface area contributed by atoms with E-state index in [9.17, 15) is 9.59 Å². The fraction of sp³-hybridized carbons (Fsp3) is 0.263. The van der Waals surface area contributed by atoms with Crippen molar-refractivity contribution < 1.29 is 23.8 Å². The number of hydrogen-bond acceptors (Lipinski definition) is 5. The molecule has 0 aliphatic rings. The summed E-state index contributed by atoms with van der Waals surface area (Å²) in [4.78, 5) is 24.1. The summed E-state index contributed by atoms with van der Waals surface area (Å²) < 4.78 is 15.9. The normalized spacial score (nSPS) is 11.2. The number of hydrazine groups is 1. The van der Waals surface area contributed by atoms with E-state index in [1.54, 1.807) is 62.6 Å². The van der Waals surface area contributed by atoms with Crippen molar-refractivity contribution in [2.24, 2.45) is 0 Å². The zero-order valence-corrected chi connectivity index (χ0v) is 14.9. The second kappa shape index (κ2) is 9.31. The van der Waals surface area contributed by atoms with Crippen LogP contribution in [0, 0.1) is 0 Å². The maximum atomic E-state index is 12.1. The number of methoxy groups -OCH3 is 1. The zero-order valence-electron chi connectivity index (χ0n) is 14.9. The maximum absolute atomic E-state index is 12.1. The van der Waals surface area contributed by atoms with Gasteiger partial charge >= 0.3 is 0 Å². The van der Waals surface area contributed by atoms with Crippen molar-refractivity contribution in [1.29, 1.82) is 0 Å². The second-order valence-corrected chi connectivity index (χ2v) is 5.34. The monoisotopic (exact) mass is 358 g/mol. The number of hydrogen-bond donors (Lipinski definition) is 2. The molecule has 26 heavy (non-hydrogen) atoms. The van der Waals surface area contributed by atoms with Gasteiger partial charge in [0.25, 0.3) is 11.8 Å². The molecule has 1 atom stereocenters. The van der Waals surface area contributed by atoms with Gasteiger partial charge in [-0.05, 0) is 62.4 Å². The van der Waals surface area contributed by atoms with Gasteiger partial charge in [0.15, 0.2) is 6.10 Å². The Labute approximate surface area is 152 Å². The van der Waals surface area contributed by atoms with Crippen LogP contribution in [0.4, 0.5) is 0 Å². The Morgan fingerprint density at radius 1 is 0.923 bits per heavy atom. The molecule has 7 nitrogen and oxygen atoms in total. The standard InChI is InChI=1S/C19H22N2O5/c1-4-25-16-9-11-17(12-10-16)26-13(2)18(22)20-21-19(23)14-5-7-15(24-3)8-6-14/h5-13H,4H2,1-3H3,(H,20,22)(H,21,23). The molecule has 2 N–H and O–H groups in total. The summed E-state index contributed by atoms with van der Waals surface area (Å²) in [5.41, 5.74) is 5.09. The van der Waals surface area contributed by atoms with Crippen LogP contribution in [0.15, 0.2) is 48.5 Å². The van der Waals surface area contributed by atoms with Crippen molar-refractivity contribution in [3.05, 3.63) is 54.1 Å². The van der Waals surface area contributed by atoms with E-state index in [4.69, 9.17) is 14.2 Å². The van der Waals surface area contributed by atoms with Crippen molar-refractivity contribution >= 4 is 11.8 Å². The van der Waals surface area contributed by atoms with E-state index in [0.717, 1.165) is 5.75 Å². The van der Waals surface area contributed by atoms with Gasteiger partial charge in [-0.25, -0.2) is 0 Å². The van der Waals surface area contributed by atoms with Gasteiger partial charge in [0.05, 0.1) is 13.7 Å². The third kappa shape index (κ3) is 5.41. The Bertz CT molecular complexity index is 729. The molecular formula is C19H22N2O5. The van der Waals surface area contributed by atoms with E-state index in [1.165, 1.54) is 0 Å². The molecule has 138 valence electrons. The van der Waals surface area contributed by atoms with Gasteiger partial charge in [-0.2, -0.15) is 0 Å². The summed E-state index contributed by atoms with van der Waals surface area (Å²) in [6.45, 7) is 4.06. The number of amides is 2. The maximum Gasteiger partial charge on any atom is 0.279 e. The van der Waals surface area contributed by atoms with E-state index >= 15 is 0 Å². The lowest BCUT2D eigenvalue weighted by molar-refractivity contribution is -0.128. The average molecular weight is 358 g/mol. The van der Waals surface area contributed by atoms with Crippen LogP contribution in [0.5, 0.6) is 17.2 Å². The first-order valence-corrected chi connectivity index (χ1v) is 8.17. The highest BCUT2D eigenvalue weighted by Crippen LogP contribution is 2.18. The zero-order chi connectivity index (χ0) is 18.9. The molecular weight excluding hydrogens is 336 g/mol. The van der Waals surface area contributed by atoms with Crippen LogP contribution in [0.1, 0.15) is 24.2 Å². The minimum absolute atomic E-state index is 0.395. The number of nitrogens with one attached hydrogen (secondary N) is 2. The third-order valence-electron chi connectivity index (χ3n) is 3.47. The molecule has 0 radical (unpaired) electrons. The molecule has 0 heterocycles. The fourth-order valence-electron chi connectivity index (χ4n) is 2.07. The van der Waals surface area contributed by atoms with E-state index in [2.05, 4.69) is 10.9 Å². The molecule has 1 unspecified atom stereocenters. The number of carbonyl (C=O) groups is 2. The van der Waals surface area contributed by atoms with E-state index in [1.807, 2.05) is 6.92 Å². The molecule has 2 amide bonds. The quantitative estimate of drug-likeness (QED) is 0.742. The van der Waals surface area contributed by atoms with E-state index < -0.39 is 17.9 Å². The first kappa shape index (κ1) is 19.1. The SMILES string of the molecule is CCOc1ccc(OC(C)C(=O)NNC(=O)c2ccc(OC)cc2)cc1. The Balaban J connectivity index is 1.83. The summed E-state index contributed by atoms with van der Waals surface area (Å²) in [7, 11) is 1.54. The van der Waals surface area contributed by atoms with Gasteiger partial charge in [0.2, 0.25) is 0 Å². The highest BCUT2D eigenvalue weighted by Gasteiger charge is 2.16. The van der Waals surface area contributed by atoms with Gasteiger partial charge in [0.1, 0.15) is 17.2 Å². The lowest BCUT2D eigenvalue weighted by atomic mass is 10.2. The largest absolute Gasteiger partial charge is 0.497 e. The van der Waals surface area contributed by atoms with Crippen LogP contribution in [-0.4, -0.2) is 31.6 Å². The van der Waals surface area contributed by atoms with Gasteiger partial charge in [0, 0.05) is 5.56 Å². The molecule has 7 heteroatoms. The molecule has 0 aromatic heterocycles. The third-order valence-corrected chi connectivity index (χ3v) is 3.47. The first-order valence-electron chi connectivity index (χ1n) is 8.17. The number of carbonyl (C=O) groups excluding carboxylic acids is 2. The van der Waals surface area contributed by atoms with Crippen LogP contribution < -0.4 is 25.1 Å². The minimum Gasteiger partial charge on any atom is -0.497 e. The van der Waals surface area contributed by atoms with Crippen molar-refractivity contribution in [3.8, 4) is 17.2 Å². The smallest absolute Gasteiger partial charge is 0.279 e. The molecule has 0 fully saturated rings. The molecule has 2 aromatic rings. The first-order chi connectivity index (χ1) is 12.5. The van der Waals surface area contributed by atoms with Crippen molar-refractivity contribution in [2.45, 2.75) is 20.0 Å². The number of rotatable bonds is 7. The van der Waals surface area contributed by atoms with Crippen LogP contribution in [0.25, 0.3) is 0 Å². The second-order valence-electron chi connectivity index (χ2n) is 5.34. The summed E-state index contributed by atoms with van der Waals surface area (Å²) >= 11 is 0. The summed E-state index contributed by atoms with van der Waals surface area (Å²) in [6.07, 6.45) is -0.788. The molecule has 2 aromatic carbocycles. The van der Waals surface area contributed by atoms with E-state index in [-0.39, 0.29) is 0 Å². The summed E-state index contributed by atoms with van der Waals surface area (Å²) in [5.74, 6) is 0.985. The Kier molecular flexibility index (Phi) is 6.84. The molecule has 0 bridgehead atoms. The van der Waals surface area contributed by atoms with Crippen LogP contribution in [-0.2, 0) is 4.79 Å². The van der Waals surface area contributed by atoms with Crippen LogP contribution >= 0.6 is 0 Å². The molecule has 0 saturated heterocycles. The molecule has 0 aliphatic heterocycles. The lowest BCUT2D eigenvalue weighted by Crippen LogP contribution is -2.47. The highest BCUT2D eigenvalue weighted by molar-refractivity contribution is 5.95. The lowest BCUT2D eigenvalue weighted by Gasteiger charge is -2.15. The number of benzene rings is 2. The Morgan fingerprint density at radius 3 is 2.08 bits per heavy atom. The molecule has 0 spiro atoms. The summed E-state index contributed by atoms with van der Waals surface area (Å²) in [5, 5.41) is 0. The Morgan fingerprint density at radius 2 is 1.50 bits per heavy atom. The average Bonchev–Trinajstić information content (AvgIpc) is 2.67.